The summed E-state index contributed by atoms with van der Waals surface area (Å²) in [5, 5.41) is 20.8. The topological polar surface area (TPSA) is 94.5 Å². The van der Waals surface area contributed by atoms with Gasteiger partial charge < -0.3 is 9.88 Å². The zero-order valence-electron chi connectivity index (χ0n) is 11.3. The van der Waals surface area contributed by atoms with E-state index in [1.807, 2.05) is 26.0 Å². The first-order chi connectivity index (χ1) is 9.08. The maximum Gasteiger partial charge on any atom is 0.243 e. The molecule has 1 heterocycles. The largest absolute Gasteiger partial charge is 0.352 e. The number of amides is 1. The SMILES string of the molecule is CCC(CC)NC(=O)C(C)n1cnc(C#N)c1C#N. The molecule has 0 radical (unpaired) electrons. The summed E-state index contributed by atoms with van der Waals surface area (Å²) in [7, 11) is 0. The molecule has 6 heteroatoms. The number of hydrogen-bond acceptors (Lipinski definition) is 4. The van der Waals surface area contributed by atoms with Gasteiger partial charge in [0.2, 0.25) is 5.91 Å². The lowest BCUT2D eigenvalue weighted by Crippen LogP contribution is -2.38. The molecule has 0 aliphatic rings. The highest BCUT2D eigenvalue weighted by Crippen LogP contribution is 2.13. The predicted molar refractivity (Wildman–Crippen MR) is 68.9 cm³/mol. The van der Waals surface area contributed by atoms with Gasteiger partial charge in [-0.3, -0.25) is 4.79 Å². The van der Waals surface area contributed by atoms with Gasteiger partial charge >= 0.3 is 0 Å². The molecule has 1 rings (SSSR count). The highest BCUT2D eigenvalue weighted by Gasteiger charge is 2.21. The summed E-state index contributed by atoms with van der Waals surface area (Å²) in [5.74, 6) is -0.174. The van der Waals surface area contributed by atoms with Crippen LogP contribution in [0.15, 0.2) is 6.33 Å². The van der Waals surface area contributed by atoms with Crippen LogP contribution < -0.4 is 5.32 Å². The lowest BCUT2D eigenvalue weighted by atomic mass is 10.1. The van der Waals surface area contributed by atoms with Crippen LogP contribution in [0.25, 0.3) is 0 Å². The Balaban J connectivity index is 2.92. The molecular weight excluding hydrogens is 242 g/mol. The first-order valence-corrected chi connectivity index (χ1v) is 6.26. The van der Waals surface area contributed by atoms with Crippen LogP contribution >= 0.6 is 0 Å². The molecule has 0 fully saturated rings. The van der Waals surface area contributed by atoms with Crippen molar-refractivity contribution in [1.29, 1.82) is 10.5 Å². The van der Waals surface area contributed by atoms with Crippen LogP contribution in [0.5, 0.6) is 0 Å². The molecule has 1 amide bonds. The van der Waals surface area contributed by atoms with Crippen molar-refractivity contribution in [3.63, 3.8) is 0 Å². The minimum atomic E-state index is -0.565. The number of imidazole rings is 1. The quantitative estimate of drug-likeness (QED) is 0.866. The third kappa shape index (κ3) is 3.11. The Morgan fingerprint density at radius 3 is 2.53 bits per heavy atom. The van der Waals surface area contributed by atoms with Crippen LogP contribution in [-0.2, 0) is 4.79 Å². The number of nitriles is 2. The lowest BCUT2D eigenvalue weighted by Gasteiger charge is -2.19. The Hall–Kier alpha value is -2.34. The summed E-state index contributed by atoms with van der Waals surface area (Å²) in [6.45, 7) is 5.69. The summed E-state index contributed by atoms with van der Waals surface area (Å²) in [5.41, 5.74) is 0.166. The number of rotatable bonds is 5. The van der Waals surface area contributed by atoms with Crippen LogP contribution in [0.2, 0.25) is 0 Å². The fourth-order valence-corrected chi connectivity index (χ4v) is 1.79. The van der Waals surface area contributed by atoms with E-state index in [-0.39, 0.29) is 23.3 Å². The summed E-state index contributed by atoms with van der Waals surface area (Å²) >= 11 is 0. The van der Waals surface area contributed by atoms with Gasteiger partial charge in [-0.1, -0.05) is 13.8 Å². The molecule has 100 valence electrons. The van der Waals surface area contributed by atoms with E-state index in [0.717, 1.165) is 12.8 Å². The van der Waals surface area contributed by atoms with Gasteiger partial charge in [-0.25, -0.2) is 4.98 Å². The first-order valence-electron chi connectivity index (χ1n) is 6.26. The second kappa shape index (κ2) is 6.55. The van der Waals surface area contributed by atoms with Gasteiger partial charge in [0.25, 0.3) is 0 Å². The molecule has 0 aliphatic heterocycles. The average molecular weight is 259 g/mol. The molecular formula is C13H17N5O. The Bertz CT molecular complexity index is 530. The zero-order valence-corrected chi connectivity index (χ0v) is 11.3. The first kappa shape index (κ1) is 14.7. The van der Waals surface area contributed by atoms with Gasteiger partial charge in [0.1, 0.15) is 18.2 Å². The van der Waals surface area contributed by atoms with Crippen molar-refractivity contribution in [2.75, 3.05) is 0 Å². The minimum Gasteiger partial charge on any atom is -0.352 e. The van der Waals surface area contributed by atoms with Crippen molar-refractivity contribution in [2.24, 2.45) is 0 Å². The number of nitrogens with one attached hydrogen (secondary N) is 1. The van der Waals surface area contributed by atoms with Crippen LogP contribution in [0.3, 0.4) is 0 Å². The van der Waals surface area contributed by atoms with E-state index in [1.54, 1.807) is 6.92 Å². The molecule has 1 aromatic heterocycles. The molecule has 1 unspecified atom stereocenters. The second-order valence-corrected chi connectivity index (χ2v) is 4.27. The number of hydrogen-bond donors (Lipinski definition) is 1. The molecule has 0 aliphatic carbocycles. The van der Waals surface area contributed by atoms with E-state index in [2.05, 4.69) is 10.3 Å². The third-order valence-electron chi connectivity index (χ3n) is 3.13. The maximum absolute atomic E-state index is 12.1. The average Bonchev–Trinajstić information content (AvgIpc) is 2.86. The Kier molecular flexibility index (Phi) is 5.08. The van der Waals surface area contributed by atoms with E-state index < -0.39 is 6.04 Å². The molecule has 0 saturated carbocycles. The van der Waals surface area contributed by atoms with E-state index in [1.165, 1.54) is 10.9 Å². The van der Waals surface area contributed by atoms with Crippen LogP contribution in [0, 0.1) is 22.7 Å². The Morgan fingerprint density at radius 1 is 1.42 bits per heavy atom. The Labute approximate surface area is 112 Å². The van der Waals surface area contributed by atoms with E-state index in [0.29, 0.717) is 0 Å². The van der Waals surface area contributed by atoms with Crippen molar-refractivity contribution in [1.82, 2.24) is 14.9 Å². The molecule has 0 spiro atoms. The van der Waals surface area contributed by atoms with Crippen LogP contribution in [0.1, 0.15) is 51.0 Å². The number of carbonyl (C=O) groups excluding carboxylic acids is 1. The van der Waals surface area contributed by atoms with Crippen molar-refractivity contribution in [3.05, 3.63) is 17.7 Å². The van der Waals surface area contributed by atoms with Crippen molar-refractivity contribution < 1.29 is 4.79 Å². The van der Waals surface area contributed by atoms with Gasteiger partial charge in [0.05, 0.1) is 6.33 Å². The molecule has 1 aromatic rings. The van der Waals surface area contributed by atoms with Crippen molar-refractivity contribution in [3.8, 4) is 12.1 Å². The summed E-state index contributed by atoms with van der Waals surface area (Å²) in [6.07, 6.45) is 3.06. The summed E-state index contributed by atoms with van der Waals surface area (Å²) in [6, 6.07) is 3.31. The fraction of sp³-hybridized carbons (Fsp3) is 0.538. The molecule has 6 nitrogen and oxygen atoms in total. The number of carbonyl (C=O) groups is 1. The molecule has 0 saturated heterocycles. The molecule has 0 aromatic carbocycles. The maximum atomic E-state index is 12.1. The lowest BCUT2D eigenvalue weighted by molar-refractivity contribution is -0.124. The fourth-order valence-electron chi connectivity index (χ4n) is 1.79. The molecule has 1 N–H and O–H groups in total. The summed E-state index contributed by atoms with van der Waals surface area (Å²) < 4.78 is 1.43. The smallest absolute Gasteiger partial charge is 0.243 e. The van der Waals surface area contributed by atoms with Crippen LogP contribution in [-0.4, -0.2) is 21.5 Å². The van der Waals surface area contributed by atoms with Crippen LogP contribution in [0.4, 0.5) is 0 Å². The van der Waals surface area contributed by atoms with E-state index >= 15 is 0 Å². The van der Waals surface area contributed by atoms with Crippen molar-refractivity contribution >= 4 is 5.91 Å². The normalized spacial score (nSPS) is 11.7. The van der Waals surface area contributed by atoms with Gasteiger partial charge in [-0.2, -0.15) is 10.5 Å². The highest BCUT2D eigenvalue weighted by molar-refractivity contribution is 5.80. The minimum absolute atomic E-state index is 0.0460. The Morgan fingerprint density at radius 2 is 2.05 bits per heavy atom. The van der Waals surface area contributed by atoms with E-state index in [9.17, 15) is 4.79 Å². The molecule has 1 atom stereocenters. The van der Waals surface area contributed by atoms with E-state index in [4.69, 9.17) is 10.5 Å². The van der Waals surface area contributed by atoms with Crippen molar-refractivity contribution in [2.45, 2.75) is 45.7 Å². The number of nitrogens with zero attached hydrogens (tertiary/aromatic N) is 4. The molecule has 0 bridgehead atoms. The predicted octanol–water partition coefficient (Wildman–Crippen LogP) is 1.49. The highest BCUT2D eigenvalue weighted by atomic mass is 16.2. The number of aromatic nitrogens is 2. The van der Waals surface area contributed by atoms with Gasteiger partial charge in [0.15, 0.2) is 11.4 Å². The summed E-state index contributed by atoms with van der Waals surface area (Å²) in [4.78, 5) is 15.9. The van der Waals surface area contributed by atoms with Gasteiger partial charge in [-0.05, 0) is 19.8 Å². The monoisotopic (exact) mass is 259 g/mol. The standard InChI is InChI=1S/C13H17N5O/c1-4-10(5-2)17-13(19)9(3)18-8-16-11(6-14)12(18)7-15/h8-10H,4-5H2,1-3H3,(H,17,19). The molecule has 19 heavy (non-hydrogen) atoms. The second-order valence-electron chi connectivity index (χ2n) is 4.27. The van der Waals surface area contributed by atoms with Gasteiger partial charge in [0, 0.05) is 6.04 Å². The third-order valence-corrected chi connectivity index (χ3v) is 3.13. The van der Waals surface area contributed by atoms with Gasteiger partial charge in [-0.15, -0.1) is 0 Å². The zero-order chi connectivity index (χ0) is 14.4.